The van der Waals surface area contributed by atoms with Gasteiger partial charge >= 0.3 is 5.97 Å². The van der Waals surface area contributed by atoms with Gasteiger partial charge in [-0.3, -0.25) is 4.79 Å². The highest BCUT2D eigenvalue weighted by Crippen LogP contribution is 2.23. The normalized spacial score (nSPS) is 10.1. The van der Waals surface area contributed by atoms with Crippen molar-refractivity contribution in [2.24, 2.45) is 0 Å². The molecule has 0 unspecified atom stereocenters. The summed E-state index contributed by atoms with van der Waals surface area (Å²) in [6, 6.07) is 1.94. The van der Waals surface area contributed by atoms with Gasteiger partial charge in [-0.2, -0.15) is 0 Å². The molecule has 0 spiro atoms. The predicted molar refractivity (Wildman–Crippen MR) is 52.8 cm³/mol. The molecule has 0 aliphatic rings. The highest BCUT2D eigenvalue weighted by Gasteiger charge is 2.20. The monoisotopic (exact) mass is 230 g/mol. The van der Waals surface area contributed by atoms with E-state index in [4.69, 9.17) is 16.7 Å². The molecule has 1 rings (SSSR count). The third-order valence-electron chi connectivity index (χ3n) is 1.95. The molecule has 1 aromatic carbocycles. The molecule has 0 atom stereocenters. The van der Waals surface area contributed by atoms with E-state index < -0.39 is 17.6 Å². The van der Waals surface area contributed by atoms with Gasteiger partial charge in [0.25, 0.3) is 5.78 Å². The molecule has 0 fully saturated rings. The fourth-order valence-corrected chi connectivity index (χ4v) is 1.62. The van der Waals surface area contributed by atoms with Gasteiger partial charge in [-0.05, 0) is 24.1 Å². The second-order valence-electron chi connectivity index (χ2n) is 2.90. The number of hydrogen-bond acceptors (Lipinski definition) is 2. The van der Waals surface area contributed by atoms with Gasteiger partial charge in [0.05, 0.1) is 0 Å². The Morgan fingerprint density at radius 3 is 2.53 bits per heavy atom. The van der Waals surface area contributed by atoms with E-state index in [1.165, 1.54) is 0 Å². The van der Waals surface area contributed by atoms with Gasteiger partial charge in [-0.1, -0.05) is 18.5 Å². The first-order valence-electron chi connectivity index (χ1n) is 4.23. The van der Waals surface area contributed by atoms with Crippen molar-refractivity contribution in [1.29, 1.82) is 0 Å². The number of carbonyl (C=O) groups is 2. The highest BCUT2D eigenvalue weighted by molar-refractivity contribution is 6.41. The van der Waals surface area contributed by atoms with E-state index in [9.17, 15) is 14.0 Å². The number of halogens is 2. The molecule has 0 aliphatic carbocycles. The van der Waals surface area contributed by atoms with E-state index in [0.717, 1.165) is 12.1 Å². The molecule has 3 nitrogen and oxygen atoms in total. The smallest absolute Gasteiger partial charge is 0.377 e. The summed E-state index contributed by atoms with van der Waals surface area (Å²) in [7, 11) is 0. The highest BCUT2D eigenvalue weighted by atomic mass is 35.5. The Morgan fingerprint density at radius 2 is 2.07 bits per heavy atom. The fourth-order valence-electron chi connectivity index (χ4n) is 1.28. The summed E-state index contributed by atoms with van der Waals surface area (Å²) in [4.78, 5) is 21.7. The lowest BCUT2D eigenvalue weighted by Gasteiger charge is -2.06. The molecule has 0 bridgehead atoms. The van der Waals surface area contributed by atoms with Crippen LogP contribution in [-0.4, -0.2) is 16.9 Å². The van der Waals surface area contributed by atoms with Gasteiger partial charge in [0.1, 0.15) is 5.82 Å². The topological polar surface area (TPSA) is 54.4 Å². The lowest BCUT2D eigenvalue weighted by atomic mass is 10.0. The van der Waals surface area contributed by atoms with E-state index >= 15 is 0 Å². The molecule has 15 heavy (non-hydrogen) atoms. The number of ketones is 1. The zero-order chi connectivity index (χ0) is 11.6. The lowest BCUT2D eigenvalue weighted by molar-refractivity contribution is -0.131. The largest absolute Gasteiger partial charge is 0.475 e. The van der Waals surface area contributed by atoms with Crippen molar-refractivity contribution in [3.05, 3.63) is 34.1 Å². The van der Waals surface area contributed by atoms with Gasteiger partial charge in [0.2, 0.25) is 0 Å². The average Bonchev–Trinajstić information content (AvgIpc) is 2.15. The minimum atomic E-state index is -1.62. The Bertz CT molecular complexity index is 429. The Labute approximate surface area is 90.5 Å². The van der Waals surface area contributed by atoms with Crippen molar-refractivity contribution >= 4 is 23.4 Å². The Balaban J connectivity index is 3.38. The molecule has 1 N–H and O–H groups in total. The standard InChI is InChI=1S/C10H8ClFO3/c1-2-6-7(9(13)10(14)15)3-5(12)4-8(6)11/h3-4H,2H2,1H3,(H,14,15). The van der Waals surface area contributed by atoms with Crippen LogP contribution >= 0.6 is 11.6 Å². The van der Waals surface area contributed by atoms with Gasteiger partial charge in [0, 0.05) is 10.6 Å². The van der Waals surface area contributed by atoms with Crippen LogP contribution < -0.4 is 0 Å². The maximum Gasteiger partial charge on any atom is 0.377 e. The minimum absolute atomic E-state index is 0.0714. The Hall–Kier alpha value is -1.42. The van der Waals surface area contributed by atoms with Crippen LogP contribution in [0, 0.1) is 5.82 Å². The summed E-state index contributed by atoms with van der Waals surface area (Å²) in [6.45, 7) is 1.71. The van der Waals surface area contributed by atoms with Crippen LogP contribution in [0.5, 0.6) is 0 Å². The maximum absolute atomic E-state index is 12.9. The predicted octanol–water partition coefficient (Wildman–Crippen LogP) is 2.31. The SMILES string of the molecule is CCc1c(Cl)cc(F)cc1C(=O)C(=O)O. The van der Waals surface area contributed by atoms with Crippen molar-refractivity contribution in [2.75, 3.05) is 0 Å². The summed E-state index contributed by atoms with van der Waals surface area (Å²) in [6.07, 6.45) is 0.369. The zero-order valence-corrected chi connectivity index (χ0v) is 8.64. The molecule has 5 heteroatoms. The first-order valence-corrected chi connectivity index (χ1v) is 4.60. The van der Waals surface area contributed by atoms with E-state index in [0.29, 0.717) is 12.0 Å². The van der Waals surface area contributed by atoms with Crippen LogP contribution in [0.4, 0.5) is 4.39 Å². The van der Waals surface area contributed by atoms with Gasteiger partial charge in [-0.25, -0.2) is 9.18 Å². The van der Waals surface area contributed by atoms with Crippen LogP contribution in [0.3, 0.4) is 0 Å². The number of hydrogen-bond donors (Lipinski definition) is 1. The number of aliphatic carboxylic acids is 1. The number of rotatable bonds is 3. The zero-order valence-electron chi connectivity index (χ0n) is 7.88. The summed E-state index contributed by atoms with van der Waals surface area (Å²) in [5.74, 6) is -3.48. The minimum Gasteiger partial charge on any atom is -0.475 e. The maximum atomic E-state index is 12.9. The second kappa shape index (κ2) is 4.40. The molecular weight excluding hydrogens is 223 g/mol. The van der Waals surface area contributed by atoms with E-state index in [1.807, 2.05) is 0 Å². The number of benzene rings is 1. The third-order valence-corrected chi connectivity index (χ3v) is 2.29. The Kier molecular flexibility index (Phi) is 3.42. The van der Waals surface area contributed by atoms with Crippen molar-refractivity contribution in [3.63, 3.8) is 0 Å². The summed E-state index contributed by atoms with van der Waals surface area (Å²) >= 11 is 5.70. The van der Waals surface area contributed by atoms with Crippen LogP contribution in [0.25, 0.3) is 0 Å². The molecule has 0 amide bonds. The quantitative estimate of drug-likeness (QED) is 0.640. The number of Topliss-reactive ketones (excluding diaryl/α,β-unsaturated/α-hetero) is 1. The molecule has 0 saturated carbocycles. The molecule has 0 aromatic heterocycles. The van der Waals surface area contributed by atoms with Crippen molar-refractivity contribution in [2.45, 2.75) is 13.3 Å². The van der Waals surface area contributed by atoms with Crippen LogP contribution in [0.1, 0.15) is 22.8 Å². The van der Waals surface area contributed by atoms with Crippen molar-refractivity contribution in [3.8, 4) is 0 Å². The van der Waals surface area contributed by atoms with E-state index in [1.54, 1.807) is 6.92 Å². The van der Waals surface area contributed by atoms with E-state index in [-0.39, 0.29) is 10.6 Å². The van der Waals surface area contributed by atoms with Gasteiger partial charge in [0.15, 0.2) is 0 Å². The molecule has 0 aliphatic heterocycles. The third kappa shape index (κ3) is 2.33. The number of carboxylic acid groups (broad SMARTS) is 1. The number of carbonyl (C=O) groups excluding carboxylic acids is 1. The molecule has 80 valence electrons. The summed E-state index contributed by atoms with van der Waals surface area (Å²) in [5.41, 5.74) is 0.167. The van der Waals surface area contributed by atoms with Crippen LogP contribution in [-0.2, 0) is 11.2 Å². The summed E-state index contributed by atoms with van der Waals surface area (Å²) < 4.78 is 12.9. The Morgan fingerprint density at radius 1 is 1.47 bits per heavy atom. The van der Waals surface area contributed by atoms with Gasteiger partial charge < -0.3 is 5.11 Å². The first kappa shape index (κ1) is 11.7. The van der Waals surface area contributed by atoms with E-state index in [2.05, 4.69) is 0 Å². The first-order chi connectivity index (χ1) is 6.97. The number of carboxylic acids is 1. The van der Waals surface area contributed by atoms with Crippen LogP contribution in [0.15, 0.2) is 12.1 Å². The fraction of sp³-hybridized carbons (Fsp3) is 0.200. The second-order valence-corrected chi connectivity index (χ2v) is 3.31. The lowest BCUT2D eigenvalue weighted by Crippen LogP contribution is -2.15. The molecule has 0 radical (unpaired) electrons. The van der Waals surface area contributed by atoms with Crippen molar-refractivity contribution in [1.82, 2.24) is 0 Å². The van der Waals surface area contributed by atoms with Crippen molar-refractivity contribution < 1.29 is 19.1 Å². The molecule has 1 aromatic rings. The average molecular weight is 231 g/mol. The van der Waals surface area contributed by atoms with Gasteiger partial charge in [-0.15, -0.1) is 0 Å². The van der Waals surface area contributed by atoms with Crippen LogP contribution in [0.2, 0.25) is 5.02 Å². The molecular formula is C10H8ClFO3. The molecule has 0 heterocycles. The summed E-state index contributed by atoms with van der Waals surface area (Å²) in [5, 5.41) is 8.59. The molecule has 0 saturated heterocycles.